The Morgan fingerprint density at radius 2 is 2.11 bits per heavy atom. The Kier molecular flexibility index (Phi) is 3.07. The first kappa shape index (κ1) is 12.6. The fourth-order valence-electron chi connectivity index (χ4n) is 3.56. The van der Waals surface area contributed by atoms with Crippen molar-refractivity contribution >= 4 is 5.97 Å². The molecule has 1 aliphatic carbocycles. The van der Waals surface area contributed by atoms with E-state index < -0.39 is 11.5 Å². The Morgan fingerprint density at radius 1 is 1.37 bits per heavy atom. The molecular formula is C15H20N2O2. The fourth-order valence-corrected chi connectivity index (χ4v) is 3.56. The Labute approximate surface area is 113 Å². The van der Waals surface area contributed by atoms with Crippen molar-refractivity contribution in [1.82, 2.24) is 4.90 Å². The third-order valence-electron chi connectivity index (χ3n) is 4.65. The summed E-state index contributed by atoms with van der Waals surface area (Å²) in [5.41, 5.74) is 5.62. The summed E-state index contributed by atoms with van der Waals surface area (Å²) < 4.78 is 0. The average Bonchev–Trinajstić information content (AvgIpc) is 3.01. The lowest BCUT2D eigenvalue weighted by Gasteiger charge is -2.35. The maximum absolute atomic E-state index is 11.7. The van der Waals surface area contributed by atoms with E-state index in [1.807, 2.05) is 30.3 Å². The zero-order valence-electron chi connectivity index (χ0n) is 11.0. The van der Waals surface area contributed by atoms with Crippen LogP contribution in [0.15, 0.2) is 30.3 Å². The molecule has 0 spiro atoms. The van der Waals surface area contributed by atoms with Gasteiger partial charge in [0.15, 0.2) is 5.54 Å². The van der Waals surface area contributed by atoms with Gasteiger partial charge in [0.1, 0.15) is 0 Å². The number of rotatable bonds is 4. The van der Waals surface area contributed by atoms with Gasteiger partial charge in [0.05, 0.1) is 0 Å². The molecule has 0 amide bonds. The quantitative estimate of drug-likeness (QED) is 0.859. The number of carboxylic acid groups (broad SMARTS) is 1. The van der Waals surface area contributed by atoms with Crippen molar-refractivity contribution in [2.45, 2.75) is 30.8 Å². The minimum Gasteiger partial charge on any atom is -0.480 e. The summed E-state index contributed by atoms with van der Waals surface area (Å²) in [6.45, 7) is 1.41. The first-order valence-electron chi connectivity index (χ1n) is 6.91. The van der Waals surface area contributed by atoms with Crippen molar-refractivity contribution in [2.75, 3.05) is 13.1 Å². The van der Waals surface area contributed by atoms with Gasteiger partial charge in [0.25, 0.3) is 0 Å². The molecule has 1 heterocycles. The lowest BCUT2D eigenvalue weighted by molar-refractivity contribution is -0.144. The third kappa shape index (κ3) is 2.15. The normalized spacial score (nSPS) is 29.3. The lowest BCUT2D eigenvalue weighted by atomic mass is 9.90. The number of fused-ring (bicyclic) bond motifs is 2. The summed E-state index contributed by atoms with van der Waals surface area (Å²) in [7, 11) is 0. The summed E-state index contributed by atoms with van der Waals surface area (Å²) in [6, 6.07) is 9.72. The molecule has 3 rings (SSSR count). The maximum Gasteiger partial charge on any atom is 0.329 e. The Balaban J connectivity index is 1.83. The molecule has 2 fully saturated rings. The van der Waals surface area contributed by atoms with Crippen molar-refractivity contribution in [1.29, 1.82) is 0 Å². The fraction of sp³-hybridized carbons (Fsp3) is 0.533. The molecule has 2 aliphatic rings. The van der Waals surface area contributed by atoms with Gasteiger partial charge < -0.3 is 10.8 Å². The van der Waals surface area contributed by atoms with Crippen LogP contribution in [0.3, 0.4) is 0 Å². The van der Waals surface area contributed by atoms with E-state index in [4.69, 9.17) is 5.73 Å². The minimum atomic E-state index is -1.30. The van der Waals surface area contributed by atoms with Crippen LogP contribution in [-0.2, 0) is 10.3 Å². The monoisotopic (exact) mass is 260 g/mol. The Morgan fingerprint density at radius 3 is 2.63 bits per heavy atom. The van der Waals surface area contributed by atoms with Crippen molar-refractivity contribution in [3.05, 3.63) is 35.9 Å². The molecule has 0 aromatic heterocycles. The molecule has 2 bridgehead atoms. The van der Waals surface area contributed by atoms with E-state index in [-0.39, 0.29) is 0 Å². The van der Waals surface area contributed by atoms with Gasteiger partial charge in [-0.05, 0) is 30.7 Å². The van der Waals surface area contributed by atoms with Crippen LogP contribution in [-0.4, -0.2) is 35.1 Å². The largest absolute Gasteiger partial charge is 0.480 e. The molecule has 0 radical (unpaired) electrons. The van der Waals surface area contributed by atoms with Gasteiger partial charge in [-0.1, -0.05) is 30.3 Å². The SMILES string of the molecule is NC(CN1CC2CCC1C2)(C(=O)O)c1ccccc1. The second-order valence-corrected chi connectivity index (χ2v) is 5.90. The first-order chi connectivity index (χ1) is 9.09. The number of nitrogens with two attached hydrogens (primary N) is 1. The Hall–Kier alpha value is -1.39. The number of piperidine rings is 1. The molecule has 3 unspecified atom stereocenters. The second kappa shape index (κ2) is 4.62. The highest BCUT2D eigenvalue weighted by Gasteiger charge is 2.44. The first-order valence-corrected chi connectivity index (χ1v) is 6.91. The summed E-state index contributed by atoms with van der Waals surface area (Å²) in [4.78, 5) is 13.9. The topological polar surface area (TPSA) is 66.6 Å². The molecule has 3 N–H and O–H groups in total. The summed E-state index contributed by atoms with van der Waals surface area (Å²) in [6.07, 6.45) is 3.69. The predicted molar refractivity (Wildman–Crippen MR) is 72.6 cm³/mol. The highest BCUT2D eigenvalue weighted by atomic mass is 16.4. The van der Waals surface area contributed by atoms with E-state index in [1.54, 1.807) is 0 Å². The van der Waals surface area contributed by atoms with Gasteiger partial charge in [-0.3, -0.25) is 4.90 Å². The molecule has 19 heavy (non-hydrogen) atoms. The molecule has 1 aliphatic heterocycles. The molecule has 102 valence electrons. The van der Waals surface area contributed by atoms with Crippen LogP contribution in [0.25, 0.3) is 0 Å². The number of hydrogen-bond acceptors (Lipinski definition) is 3. The van der Waals surface area contributed by atoms with E-state index in [9.17, 15) is 9.90 Å². The van der Waals surface area contributed by atoms with Crippen LogP contribution in [0.1, 0.15) is 24.8 Å². The number of aliphatic carboxylic acids is 1. The zero-order valence-corrected chi connectivity index (χ0v) is 11.0. The Bertz CT molecular complexity index is 476. The van der Waals surface area contributed by atoms with Gasteiger partial charge >= 0.3 is 5.97 Å². The third-order valence-corrected chi connectivity index (χ3v) is 4.65. The van der Waals surface area contributed by atoms with E-state index >= 15 is 0 Å². The van der Waals surface area contributed by atoms with Crippen LogP contribution >= 0.6 is 0 Å². The van der Waals surface area contributed by atoms with Gasteiger partial charge in [0, 0.05) is 19.1 Å². The predicted octanol–water partition coefficient (Wildman–Crippen LogP) is 1.41. The number of carboxylic acids is 1. The molecular weight excluding hydrogens is 240 g/mol. The van der Waals surface area contributed by atoms with Crippen LogP contribution in [0.4, 0.5) is 0 Å². The number of hydrogen-bond donors (Lipinski definition) is 2. The molecule has 3 atom stereocenters. The molecule has 1 aromatic rings. The standard InChI is InChI=1S/C15H20N2O2/c16-15(14(18)19,12-4-2-1-3-5-12)10-17-9-11-6-7-13(17)8-11/h1-5,11,13H,6-10,16H2,(H,18,19). The molecule has 1 saturated carbocycles. The number of carbonyl (C=O) groups is 1. The van der Waals surface area contributed by atoms with Crippen molar-refractivity contribution in [3.63, 3.8) is 0 Å². The van der Waals surface area contributed by atoms with Crippen molar-refractivity contribution in [3.8, 4) is 0 Å². The van der Waals surface area contributed by atoms with Crippen molar-refractivity contribution < 1.29 is 9.90 Å². The molecule has 4 heteroatoms. The van der Waals surface area contributed by atoms with Crippen LogP contribution in [0.5, 0.6) is 0 Å². The van der Waals surface area contributed by atoms with Gasteiger partial charge in [0.2, 0.25) is 0 Å². The van der Waals surface area contributed by atoms with Crippen molar-refractivity contribution in [2.24, 2.45) is 11.7 Å². The maximum atomic E-state index is 11.7. The van der Waals surface area contributed by atoms with Gasteiger partial charge in [-0.2, -0.15) is 0 Å². The minimum absolute atomic E-state index is 0.410. The molecule has 4 nitrogen and oxygen atoms in total. The second-order valence-electron chi connectivity index (χ2n) is 5.90. The van der Waals surface area contributed by atoms with E-state index in [2.05, 4.69) is 4.90 Å². The van der Waals surface area contributed by atoms with E-state index in [0.717, 1.165) is 12.5 Å². The molecule has 1 aromatic carbocycles. The average molecular weight is 260 g/mol. The van der Waals surface area contributed by atoms with Gasteiger partial charge in [-0.15, -0.1) is 0 Å². The number of nitrogens with zero attached hydrogens (tertiary/aromatic N) is 1. The molecule has 1 saturated heterocycles. The summed E-state index contributed by atoms with van der Waals surface area (Å²) in [5.74, 6) is -0.194. The summed E-state index contributed by atoms with van der Waals surface area (Å²) in [5, 5.41) is 9.56. The van der Waals surface area contributed by atoms with E-state index in [1.165, 1.54) is 19.3 Å². The van der Waals surface area contributed by atoms with Crippen LogP contribution in [0, 0.1) is 5.92 Å². The van der Waals surface area contributed by atoms with Gasteiger partial charge in [-0.25, -0.2) is 4.79 Å². The van der Waals surface area contributed by atoms with E-state index in [0.29, 0.717) is 18.2 Å². The summed E-state index contributed by atoms with van der Waals surface area (Å²) >= 11 is 0. The smallest absolute Gasteiger partial charge is 0.329 e. The lowest BCUT2D eigenvalue weighted by Crippen LogP contribution is -2.54. The highest BCUT2D eigenvalue weighted by molar-refractivity contribution is 5.80. The zero-order chi connectivity index (χ0) is 13.5. The number of likely N-dealkylation sites (tertiary alicyclic amines) is 1. The van der Waals surface area contributed by atoms with Crippen LogP contribution < -0.4 is 5.73 Å². The van der Waals surface area contributed by atoms with Crippen LogP contribution in [0.2, 0.25) is 0 Å². The number of benzene rings is 1. The highest BCUT2D eigenvalue weighted by Crippen LogP contribution is 2.38.